The van der Waals surface area contributed by atoms with E-state index in [1.165, 1.54) is 6.33 Å². The van der Waals surface area contributed by atoms with Crippen molar-refractivity contribution < 1.29 is 4.74 Å². The minimum absolute atomic E-state index is 0.118. The van der Waals surface area contributed by atoms with Crippen molar-refractivity contribution in [3.8, 4) is 5.88 Å². The van der Waals surface area contributed by atoms with Gasteiger partial charge in [0.15, 0.2) is 0 Å². The van der Waals surface area contributed by atoms with Gasteiger partial charge in [-0.25, -0.2) is 15.0 Å². The van der Waals surface area contributed by atoms with Crippen LogP contribution in [0.3, 0.4) is 0 Å². The molecule has 0 saturated heterocycles. The van der Waals surface area contributed by atoms with Gasteiger partial charge in [0.25, 0.3) is 0 Å². The summed E-state index contributed by atoms with van der Waals surface area (Å²) in [7, 11) is 3.52. The van der Waals surface area contributed by atoms with Gasteiger partial charge in [0.1, 0.15) is 6.33 Å². The molecule has 2 rings (SSSR count). The Morgan fingerprint density at radius 2 is 2.28 bits per heavy atom. The zero-order valence-electron chi connectivity index (χ0n) is 10.7. The van der Waals surface area contributed by atoms with Crippen molar-refractivity contribution in [1.29, 1.82) is 0 Å². The first-order valence-corrected chi connectivity index (χ1v) is 6.55. The second kappa shape index (κ2) is 5.88. The number of aromatic nitrogens is 3. The van der Waals surface area contributed by atoms with Gasteiger partial charge in [-0.15, -0.1) is 11.3 Å². The smallest absolute Gasteiger partial charge is 0.216 e. The number of hydrogen-bond donors (Lipinski definition) is 1. The van der Waals surface area contributed by atoms with E-state index in [2.05, 4.69) is 25.6 Å². The number of aryl methyl sites for hydroxylation is 1. The van der Waals surface area contributed by atoms with Gasteiger partial charge in [0.2, 0.25) is 5.88 Å². The molecule has 18 heavy (non-hydrogen) atoms. The highest BCUT2D eigenvalue weighted by molar-refractivity contribution is 7.09. The molecule has 2 heterocycles. The summed E-state index contributed by atoms with van der Waals surface area (Å²) in [5, 5.41) is 6.41. The standard InChI is InChI=1S/C12H16N4OS/c1-8-6-18-12(16-8)5-9(13-2)10-4-11(17-3)15-7-14-10/h4,6-7,9,13H,5H2,1-3H3. The molecule has 0 spiro atoms. The van der Waals surface area contributed by atoms with Gasteiger partial charge in [-0.3, -0.25) is 0 Å². The quantitative estimate of drug-likeness (QED) is 0.891. The fourth-order valence-electron chi connectivity index (χ4n) is 1.68. The molecule has 0 amide bonds. The van der Waals surface area contributed by atoms with E-state index in [0.29, 0.717) is 5.88 Å². The van der Waals surface area contributed by atoms with Crippen LogP contribution in [0.5, 0.6) is 5.88 Å². The lowest BCUT2D eigenvalue weighted by molar-refractivity contribution is 0.394. The van der Waals surface area contributed by atoms with Gasteiger partial charge in [-0.05, 0) is 14.0 Å². The summed E-state index contributed by atoms with van der Waals surface area (Å²) in [5.41, 5.74) is 1.97. The van der Waals surface area contributed by atoms with Crippen LogP contribution in [0.4, 0.5) is 0 Å². The van der Waals surface area contributed by atoms with E-state index in [-0.39, 0.29) is 6.04 Å². The Labute approximate surface area is 110 Å². The third-order valence-corrected chi connectivity index (χ3v) is 3.61. The van der Waals surface area contributed by atoms with Crippen molar-refractivity contribution in [3.63, 3.8) is 0 Å². The van der Waals surface area contributed by atoms with Gasteiger partial charge >= 0.3 is 0 Å². The molecule has 0 fully saturated rings. The lowest BCUT2D eigenvalue weighted by Crippen LogP contribution is -2.20. The van der Waals surface area contributed by atoms with Crippen molar-refractivity contribution >= 4 is 11.3 Å². The number of methoxy groups -OCH3 is 1. The summed E-state index contributed by atoms with van der Waals surface area (Å²) in [6.07, 6.45) is 2.33. The predicted octanol–water partition coefficient (Wildman–Crippen LogP) is 1.75. The number of ether oxygens (including phenoxy) is 1. The second-order valence-electron chi connectivity index (χ2n) is 3.91. The molecule has 0 aromatic carbocycles. The normalized spacial score (nSPS) is 12.4. The number of nitrogens with one attached hydrogen (secondary N) is 1. The highest BCUT2D eigenvalue weighted by Crippen LogP contribution is 2.20. The van der Waals surface area contributed by atoms with Gasteiger partial charge in [0.05, 0.1) is 23.9 Å². The topological polar surface area (TPSA) is 59.9 Å². The second-order valence-corrected chi connectivity index (χ2v) is 4.86. The summed E-state index contributed by atoms with van der Waals surface area (Å²) >= 11 is 1.67. The summed E-state index contributed by atoms with van der Waals surface area (Å²) < 4.78 is 5.11. The van der Waals surface area contributed by atoms with Crippen LogP contribution in [-0.2, 0) is 6.42 Å². The van der Waals surface area contributed by atoms with Crippen molar-refractivity contribution in [2.75, 3.05) is 14.2 Å². The van der Waals surface area contributed by atoms with E-state index in [9.17, 15) is 0 Å². The summed E-state index contributed by atoms with van der Waals surface area (Å²) in [6.45, 7) is 2.00. The van der Waals surface area contributed by atoms with Crippen LogP contribution in [-0.4, -0.2) is 29.1 Å². The average molecular weight is 264 g/mol. The van der Waals surface area contributed by atoms with E-state index in [1.807, 2.05) is 20.0 Å². The molecule has 0 radical (unpaired) electrons. The Bertz CT molecular complexity index is 514. The SMILES string of the molecule is CNC(Cc1nc(C)cs1)c1cc(OC)ncn1. The summed E-state index contributed by atoms with van der Waals surface area (Å²) in [4.78, 5) is 12.8. The molecule has 2 aromatic heterocycles. The van der Waals surface area contributed by atoms with Crippen LogP contribution in [0.25, 0.3) is 0 Å². The molecule has 1 unspecified atom stereocenters. The van der Waals surface area contributed by atoms with Gasteiger partial charge in [0, 0.05) is 23.6 Å². The van der Waals surface area contributed by atoms with E-state index in [4.69, 9.17) is 4.74 Å². The van der Waals surface area contributed by atoms with Gasteiger partial charge < -0.3 is 10.1 Å². The zero-order chi connectivity index (χ0) is 13.0. The molecule has 1 atom stereocenters. The lowest BCUT2D eigenvalue weighted by Gasteiger charge is -2.14. The Morgan fingerprint density at radius 1 is 1.44 bits per heavy atom. The summed E-state index contributed by atoms with van der Waals surface area (Å²) in [6, 6.07) is 1.97. The lowest BCUT2D eigenvalue weighted by atomic mass is 10.1. The number of thiazole rings is 1. The van der Waals surface area contributed by atoms with Gasteiger partial charge in [-0.2, -0.15) is 0 Å². The van der Waals surface area contributed by atoms with E-state index in [1.54, 1.807) is 18.4 Å². The van der Waals surface area contributed by atoms with E-state index < -0.39 is 0 Å². The maximum absolute atomic E-state index is 5.11. The number of rotatable bonds is 5. The van der Waals surface area contributed by atoms with Crippen LogP contribution in [0.15, 0.2) is 17.8 Å². The minimum Gasteiger partial charge on any atom is -0.481 e. The molecule has 0 bridgehead atoms. The number of likely N-dealkylation sites (N-methyl/N-ethyl adjacent to an activating group) is 1. The van der Waals surface area contributed by atoms with Crippen molar-refractivity contribution in [3.05, 3.63) is 34.2 Å². The van der Waals surface area contributed by atoms with Crippen LogP contribution < -0.4 is 10.1 Å². The first kappa shape index (κ1) is 12.9. The molecular weight excluding hydrogens is 248 g/mol. The maximum Gasteiger partial charge on any atom is 0.216 e. The molecule has 0 aliphatic heterocycles. The van der Waals surface area contributed by atoms with Crippen LogP contribution in [0, 0.1) is 6.92 Å². The summed E-state index contributed by atoms with van der Waals surface area (Å²) in [5.74, 6) is 0.579. The van der Waals surface area contributed by atoms with Crippen LogP contribution in [0.2, 0.25) is 0 Å². The zero-order valence-corrected chi connectivity index (χ0v) is 11.5. The van der Waals surface area contributed by atoms with Crippen LogP contribution in [0.1, 0.15) is 22.4 Å². The highest BCUT2D eigenvalue weighted by Gasteiger charge is 2.14. The molecule has 0 aliphatic carbocycles. The van der Waals surface area contributed by atoms with E-state index in [0.717, 1.165) is 22.8 Å². The molecule has 96 valence electrons. The highest BCUT2D eigenvalue weighted by atomic mass is 32.1. The molecule has 2 aromatic rings. The Hall–Kier alpha value is -1.53. The maximum atomic E-state index is 5.11. The molecular formula is C12H16N4OS. The predicted molar refractivity (Wildman–Crippen MR) is 70.9 cm³/mol. The Kier molecular flexibility index (Phi) is 4.22. The molecule has 5 nitrogen and oxygen atoms in total. The van der Waals surface area contributed by atoms with Crippen molar-refractivity contribution in [1.82, 2.24) is 20.3 Å². The molecule has 0 aliphatic rings. The largest absolute Gasteiger partial charge is 0.481 e. The monoisotopic (exact) mass is 264 g/mol. The first-order chi connectivity index (χ1) is 8.72. The third-order valence-electron chi connectivity index (χ3n) is 2.62. The van der Waals surface area contributed by atoms with Crippen molar-refractivity contribution in [2.24, 2.45) is 0 Å². The molecule has 6 heteroatoms. The molecule has 0 saturated carbocycles. The third kappa shape index (κ3) is 3.02. The number of hydrogen-bond acceptors (Lipinski definition) is 6. The first-order valence-electron chi connectivity index (χ1n) is 5.67. The molecule has 1 N–H and O–H groups in total. The van der Waals surface area contributed by atoms with Gasteiger partial charge in [-0.1, -0.05) is 0 Å². The van der Waals surface area contributed by atoms with E-state index >= 15 is 0 Å². The minimum atomic E-state index is 0.118. The Balaban J connectivity index is 2.17. The number of nitrogens with zero attached hydrogens (tertiary/aromatic N) is 3. The average Bonchev–Trinajstić information content (AvgIpc) is 2.81. The fourth-order valence-corrected chi connectivity index (χ4v) is 2.50. The van der Waals surface area contributed by atoms with Crippen LogP contribution >= 0.6 is 11.3 Å². The fraction of sp³-hybridized carbons (Fsp3) is 0.417. The Morgan fingerprint density at radius 3 is 2.89 bits per heavy atom. The van der Waals surface area contributed by atoms with Crippen molar-refractivity contribution in [2.45, 2.75) is 19.4 Å².